The molecule has 1 fully saturated rings. The lowest BCUT2D eigenvalue weighted by atomic mass is 10.1. The summed E-state index contributed by atoms with van der Waals surface area (Å²) in [6, 6.07) is 6.95. The van der Waals surface area contributed by atoms with Gasteiger partial charge in [0.25, 0.3) is 0 Å². The molecule has 0 saturated carbocycles. The van der Waals surface area contributed by atoms with Gasteiger partial charge in [0.05, 0.1) is 0 Å². The van der Waals surface area contributed by atoms with Crippen molar-refractivity contribution in [3.8, 4) is 11.5 Å². The third kappa shape index (κ3) is 3.64. The van der Waals surface area contributed by atoms with Gasteiger partial charge in [0.15, 0.2) is 11.5 Å². The number of ether oxygens (including phenoxy) is 2. The Kier molecular flexibility index (Phi) is 4.77. The normalized spacial score (nSPS) is 22.3. The average Bonchev–Trinajstić information content (AvgIpc) is 2.76. The maximum absolute atomic E-state index is 5.62. The van der Waals surface area contributed by atoms with Gasteiger partial charge in [0, 0.05) is 6.04 Å². The molecular weight excluding hydrogens is 252 g/mol. The van der Waals surface area contributed by atoms with Crippen LogP contribution in [0.5, 0.6) is 11.5 Å². The molecule has 2 aliphatic heterocycles. The van der Waals surface area contributed by atoms with E-state index >= 15 is 0 Å². The van der Waals surface area contributed by atoms with Gasteiger partial charge in [-0.25, -0.2) is 0 Å². The Morgan fingerprint density at radius 2 is 2.00 bits per heavy atom. The number of nitrogens with one attached hydrogen (secondary N) is 2. The highest BCUT2D eigenvalue weighted by Crippen LogP contribution is 2.30. The summed E-state index contributed by atoms with van der Waals surface area (Å²) in [6.07, 6.45) is 4.84. The zero-order valence-corrected chi connectivity index (χ0v) is 12.0. The third-order valence-electron chi connectivity index (χ3n) is 4.03. The molecule has 4 heteroatoms. The molecule has 0 aliphatic carbocycles. The van der Waals surface area contributed by atoms with E-state index in [4.69, 9.17) is 9.47 Å². The average molecular weight is 276 g/mol. The number of benzene rings is 1. The molecule has 110 valence electrons. The SMILES string of the molecule is c1cc2c(cc1CCNC1CCCNCC1)OCCO2. The van der Waals surface area contributed by atoms with Crippen molar-refractivity contribution in [2.24, 2.45) is 0 Å². The highest BCUT2D eigenvalue weighted by Gasteiger charge is 2.13. The minimum Gasteiger partial charge on any atom is -0.486 e. The van der Waals surface area contributed by atoms with E-state index in [-0.39, 0.29) is 0 Å². The van der Waals surface area contributed by atoms with Gasteiger partial charge in [-0.15, -0.1) is 0 Å². The van der Waals surface area contributed by atoms with Crippen molar-refractivity contribution >= 4 is 0 Å². The Morgan fingerprint density at radius 1 is 1.10 bits per heavy atom. The molecule has 20 heavy (non-hydrogen) atoms. The zero-order chi connectivity index (χ0) is 13.6. The molecule has 4 nitrogen and oxygen atoms in total. The monoisotopic (exact) mass is 276 g/mol. The number of hydrogen-bond acceptors (Lipinski definition) is 4. The minimum atomic E-state index is 0.656. The zero-order valence-electron chi connectivity index (χ0n) is 12.0. The lowest BCUT2D eigenvalue weighted by Gasteiger charge is -2.19. The van der Waals surface area contributed by atoms with Crippen molar-refractivity contribution in [3.63, 3.8) is 0 Å². The molecule has 2 aliphatic rings. The molecule has 2 heterocycles. The number of hydrogen-bond donors (Lipinski definition) is 2. The fourth-order valence-corrected chi connectivity index (χ4v) is 2.89. The maximum Gasteiger partial charge on any atom is 0.161 e. The van der Waals surface area contributed by atoms with E-state index in [1.165, 1.54) is 31.4 Å². The summed E-state index contributed by atoms with van der Waals surface area (Å²) in [7, 11) is 0. The van der Waals surface area contributed by atoms with Gasteiger partial charge in [-0.1, -0.05) is 6.07 Å². The third-order valence-corrected chi connectivity index (χ3v) is 4.03. The van der Waals surface area contributed by atoms with Crippen LogP contribution in [0.4, 0.5) is 0 Å². The molecule has 0 aromatic heterocycles. The maximum atomic E-state index is 5.62. The number of rotatable bonds is 4. The molecule has 2 N–H and O–H groups in total. The smallest absolute Gasteiger partial charge is 0.161 e. The van der Waals surface area contributed by atoms with Crippen molar-refractivity contribution in [3.05, 3.63) is 23.8 Å². The molecule has 1 aromatic rings. The molecule has 0 radical (unpaired) electrons. The van der Waals surface area contributed by atoms with Gasteiger partial charge in [-0.05, 0) is 63.0 Å². The Balaban J connectivity index is 1.48. The minimum absolute atomic E-state index is 0.656. The second-order valence-electron chi connectivity index (χ2n) is 5.56. The second kappa shape index (κ2) is 6.95. The van der Waals surface area contributed by atoms with E-state index < -0.39 is 0 Å². The van der Waals surface area contributed by atoms with Crippen LogP contribution in [0.3, 0.4) is 0 Å². The van der Waals surface area contributed by atoms with E-state index in [2.05, 4.69) is 22.8 Å². The van der Waals surface area contributed by atoms with Crippen LogP contribution in [0, 0.1) is 0 Å². The Hall–Kier alpha value is -1.26. The quantitative estimate of drug-likeness (QED) is 0.879. The van der Waals surface area contributed by atoms with Crippen LogP contribution < -0.4 is 20.1 Å². The molecule has 1 atom stereocenters. The van der Waals surface area contributed by atoms with Crippen LogP contribution in [-0.2, 0) is 6.42 Å². The number of fused-ring (bicyclic) bond motifs is 1. The molecule has 3 rings (SSSR count). The molecule has 1 unspecified atom stereocenters. The van der Waals surface area contributed by atoms with Gasteiger partial charge < -0.3 is 20.1 Å². The van der Waals surface area contributed by atoms with E-state index in [0.29, 0.717) is 19.3 Å². The fourth-order valence-electron chi connectivity index (χ4n) is 2.89. The predicted octanol–water partition coefficient (Wildman–Crippen LogP) is 1.73. The lowest BCUT2D eigenvalue weighted by Crippen LogP contribution is -2.31. The van der Waals surface area contributed by atoms with Crippen molar-refractivity contribution < 1.29 is 9.47 Å². The molecule has 1 aromatic carbocycles. The molecule has 1 saturated heterocycles. The first-order chi connectivity index (χ1) is 9.92. The summed E-state index contributed by atoms with van der Waals surface area (Å²) in [5, 5.41) is 7.13. The standard InChI is InChI=1S/C16H24N2O2/c1-2-14(6-8-17-7-1)18-9-5-13-3-4-15-16(12-13)20-11-10-19-15/h3-4,12,14,17-18H,1-2,5-11H2. The second-order valence-corrected chi connectivity index (χ2v) is 5.56. The van der Waals surface area contributed by atoms with Crippen molar-refractivity contribution in [1.82, 2.24) is 10.6 Å². The van der Waals surface area contributed by atoms with Crippen molar-refractivity contribution in [2.45, 2.75) is 31.7 Å². The first-order valence-corrected chi connectivity index (χ1v) is 7.74. The Labute approximate surface area is 120 Å². The highest BCUT2D eigenvalue weighted by molar-refractivity contribution is 5.43. The summed E-state index contributed by atoms with van der Waals surface area (Å²) in [6.45, 7) is 4.65. The Morgan fingerprint density at radius 3 is 2.95 bits per heavy atom. The summed E-state index contributed by atoms with van der Waals surface area (Å²) in [5.74, 6) is 1.77. The fraction of sp³-hybridized carbons (Fsp3) is 0.625. The highest BCUT2D eigenvalue weighted by atomic mass is 16.6. The van der Waals surface area contributed by atoms with Gasteiger partial charge in [-0.3, -0.25) is 0 Å². The van der Waals surface area contributed by atoms with E-state index in [1.54, 1.807) is 0 Å². The van der Waals surface area contributed by atoms with Gasteiger partial charge >= 0.3 is 0 Å². The van der Waals surface area contributed by atoms with Crippen LogP contribution in [0.1, 0.15) is 24.8 Å². The van der Waals surface area contributed by atoms with Gasteiger partial charge in [0.2, 0.25) is 0 Å². The first-order valence-electron chi connectivity index (χ1n) is 7.74. The van der Waals surface area contributed by atoms with Gasteiger partial charge in [0.1, 0.15) is 13.2 Å². The van der Waals surface area contributed by atoms with Crippen molar-refractivity contribution in [1.29, 1.82) is 0 Å². The molecular formula is C16H24N2O2. The topological polar surface area (TPSA) is 42.5 Å². The largest absolute Gasteiger partial charge is 0.486 e. The summed E-state index contributed by atoms with van der Waals surface area (Å²) in [4.78, 5) is 0. The molecule has 0 bridgehead atoms. The van der Waals surface area contributed by atoms with Gasteiger partial charge in [-0.2, -0.15) is 0 Å². The first kappa shape index (κ1) is 13.7. The van der Waals surface area contributed by atoms with E-state index in [1.807, 2.05) is 6.07 Å². The predicted molar refractivity (Wildman–Crippen MR) is 79.6 cm³/mol. The summed E-state index contributed by atoms with van der Waals surface area (Å²) >= 11 is 0. The van der Waals surface area contributed by atoms with Crippen molar-refractivity contribution in [2.75, 3.05) is 32.8 Å². The van der Waals surface area contributed by atoms with Crippen LogP contribution >= 0.6 is 0 Å². The van der Waals surface area contributed by atoms with Crippen LogP contribution in [0.15, 0.2) is 18.2 Å². The van der Waals surface area contributed by atoms with Crippen LogP contribution in [0.2, 0.25) is 0 Å². The lowest BCUT2D eigenvalue weighted by molar-refractivity contribution is 0.171. The summed E-state index contributed by atoms with van der Waals surface area (Å²) < 4.78 is 11.2. The molecule has 0 spiro atoms. The summed E-state index contributed by atoms with van der Waals surface area (Å²) in [5.41, 5.74) is 1.31. The van der Waals surface area contributed by atoms with E-state index in [0.717, 1.165) is 31.0 Å². The molecule has 0 amide bonds. The van der Waals surface area contributed by atoms with Crippen LogP contribution in [0.25, 0.3) is 0 Å². The van der Waals surface area contributed by atoms with E-state index in [9.17, 15) is 0 Å². The Bertz CT molecular complexity index is 428. The van der Waals surface area contributed by atoms with Crippen LogP contribution in [-0.4, -0.2) is 38.9 Å².